The lowest BCUT2D eigenvalue weighted by atomic mass is 10.2. The van der Waals surface area contributed by atoms with Crippen LogP contribution in [0.2, 0.25) is 5.02 Å². The van der Waals surface area contributed by atoms with Crippen LogP contribution in [0, 0.1) is 6.92 Å². The molecule has 0 amide bonds. The molecule has 1 N–H and O–H groups in total. The van der Waals surface area contributed by atoms with E-state index in [1.807, 2.05) is 0 Å². The Labute approximate surface area is 129 Å². The van der Waals surface area contributed by atoms with E-state index in [-0.39, 0.29) is 24.5 Å². The third-order valence-corrected chi connectivity index (χ3v) is 5.74. The van der Waals surface area contributed by atoms with Crippen LogP contribution in [0.15, 0.2) is 23.1 Å². The molecule has 1 aromatic rings. The second-order valence-electron chi connectivity index (χ2n) is 4.98. The molecule has 0 aromatic heterocycles. The molecule has 1 fully saturated rings. The number of nitrogens with zero attached hydrogens (tertiary/aromatic N) is 2. The van der Waals surface area contributed by atoms with E-state index in [1.54, 1.807) is 24.0 Å². The van der Waals surface area contributed by atoms with Crippen molar-refractivity contribution in [3.8, 4) is 0 Å². The molecule has 1 aromatic carbocycles. The smallest absolute Gasteiger partial charge is 0.317 e. The zero-order valence-electron chi connectivity index (χ0n) is 11.6. The van der Waals surface area contributed by atoms with Crippen molar-refractivity contribution in [3.63, 3.8) is 0 Å². The lowest BCUT2D eigenvalue weighted by Gasteiger charge is -2.33. The van der Waals surface area contributed by atoms with Crippen LogP contribution in [0.5, 0.6) is 0 Å². The van der Waals surface area contributed by atoms with Gasteiger partial charge in [0.15, 0.2) is 0 Å². The Morgan fingerprint density at radius 2 is 1.90 bits per heavy atom. The molecule has 21 heavy (non-hydrogen) atoms. The first kappa shape index (κ1) is 16.2. The van der Waals surface area contributed by atoms with Crippen molar-refractivity contribution in [1.82, 2.24) is 9.21 Å². The van der Waals surface area contributed by atoms with E-state index >= 15 is 0 Å². The van der Waals surface area contributed by atoms with Crippen LogP contribution in [-0.2, 0) is 14.8 Å². The molecule has 0 spiro atoms. The second-order valence-corrected chi connectivity index (χ2v) is 7.33. The predicted octanol–water partition coefficient (Wildman–Crippen LogP) is 1.04. The molecule has 8 heteroatoms. The maximum absolute atomic E-state index is 12.6. The Morgan fingerprint density at radius 3 is 2.43 bits per heavy atom. The van der Waals surface area contributed by atoms with E-state index in [0.717, 1.165) is 0 Å². The van der Waals surface area contributed by atoms with Crippen LogP contribution < -0.4 is 0 Å². The molecular weight excluding hydrogens is 316 g/mol. The van der Waals surface area contributed by atoms with E-state index in [1.165, 1.54) is 10.4 Å². The lowest BCUT2D eigenvalue weighted by molar-refractivity contribution is -0.138. The van der Waals surface area contributed by atoms with Crippen LogP contribution in [0.1, 0.15) is 5.56 Å². The Balaban J connectivity index is 2.13. The van der Waals surface area contributed by atoms with Gasteiger partial charge in [-0.25, -0.2) is 8.42 Å². The third kappa shape index (κ3) is 3.74. The highest BCUT2D eigenvalue weighted by atomic mass is 35.5. The molecule has 2 rings (SSSR count). The average Bonchev–Trinajstić information content (AvgIpc) is 2.38. The molecule has 1 aliphatic heterocycles. The van der Waals surface area contributed by atoms with Crippen molar-refractivity contribution in [2.45, 2.75) is 11.8 Å². The molecule has 0 saturated carbocycles. The molecule has 1 aliphatic rings. The van der Waals surface area contributed by atoms with E-state index in [9.17, 15) is 13.2 Å². The maximum Gasteiger partial charge on any atom is 0.317 e. The van der Waals surface area contributed by atoms with Gasteiger partial charge in [0.1, 0.15) is 0 Å². The standard InChI is InChI=1S/C13H17ClN2O4S/c1-10-8-11(14)2-3-12(10)21(19,20)16-6-4-15(5-7-16)9-13(17)18/h2-3,8H,4-7,9H2,1H3,(H,17,18). The Bertz CT molecular complexity index is 640. The van der Waals surface area contributed by atoms with Crippen molar-refractivity contribution in [2.75, 3.05) is 32.7 Å². The maximum atomic E-state index is 12.6. The van der Waals surface area contributed by atoms with Gasteiger partial charge in [-0.15, -0.1) is 0 Å². The Morgan fingerprint density at radius 1 is 1.29 bits per heavy atom. The van der Waals surface area contributed by atoms with Gasteiger partial charge >= 0.3 is 5.97 Å². The van der Waals surface area contributed by atoms with Gasteiger partial charge in [0.2, 0.25) is 10.0 Å². The van der Waals surface area contributed by atoms with Gasteiger partial charge in [0.05, 0.1) is 11.4 Å². The predicted molar refractivity (Wildman–Crippen MR) is 79.0 cm³/mol. The molecule has 116 valence electrons. The quantitative estimate of drug-likeness (QED) is 0.891. The number of carboxylic acids is 1. The number of sulfonamides is 1. The van der Waals surface area contributed by atoms with Gasteiger partial charge < -0.3 is 5.11 Å². The summed E-state index contributed by atoms with van der Waals surface area (Å²) < 4.78 is 26.6. The number of piperazine rings is 1. The lowest BCUT2D eigenvalue weighted by Crippen LogP contribution is -2.49. The number of hydrogen-bond acceptors (Lipinski definition) is 4. The number of rotatable bonds is 4. The van der Waals surface area contributed by atoms with Crippen molar-refractivity contribution >= 4 is 27.6 Å². The summed E-state index contributed by atoms with van der Waals surface area (Å²) in [5.74, 6) is -0.903. The molecule has 6 nitrogen and oxygen atoms in total. The molecule has 0 atom stereocenters. The summed E-state index contributed by atoms with van der Waals surface area (Å²) in [6, 6.07) is 4.69. The van der Waals surface area contributed by atoms with Crippen LogP contribution in [0.3, 0.4) is 0 Å². The van der Waals surface area contributed by atoms with Crippen LogP contribution >= 0.6 is 11.6 Å². The Hall–Kier alpha value is -1.15. The molecule has 1 saturated heterocycles. The molecule has 0 aliphatic carbocycles. The zero-order valence-corrected chi connectivity index (χ0v) is 13.2. The number of aryl methyl sites for hydroxylation is 1. The Kier molecular flexibility index (Phi) is 4.88. The first-order valence-corrected chi connectivity index (χ1v) is 8.33. The van der Waals surface area contributed by atoms with E-state index in [2.05, 4.69) is 0 Å². The van der Waals surface area contributed by atoms with E-state index in [0.29, 0.717) is 23.7 Å². The highest BCUT2D eigenvalue weighted by molar-refractivity contribution is 7.89. The molecule has 0 bridgehead atoms. The number of carboxylic acid groups (broad SMARTS) is 1. The number of hydrogen-bond donors (Lipinski definition) is 1. The van der Waals surface area contributed by atoms with Crippen molar-refractivity contribution < 1.29 is 18.3 Å². The van der Waals surface area contributed by atoms with Gasteiger partial charge in [-0.05, 0) is 30.7 Å². The summed E-state index contributed by atoms with van der Waals surface area (Å²) in [6.07, 6.45) is 0. The van der Waals surface area contributed by atoms with Gasteiger partial charge in [0.25, 0.3) is 0 Å². The number of halogens is 1. The fourth-order valence-electron chi connectivity index (χ4n) is 2.36. The normalized spacial score (nSPS) is 17.8. The van der Waals surface area contributed by atoms with Crippen molar-refractivity contribution in [1.29, 1.82) is 0 Å². The average molecular weight is 333 g/mol. The first-order valence-electron chi connectivity index (χ1n) is 6.51. The van der Waals surface area contributed by atoms with E-state index in [4.69, 9.17) is 16.7 Å². The summed E-state index contributed by atoms with van der Waals surface area (Å²) in [6.45, 7) is 3.05. The summed E-state index contributed by atoms with van der Waals surface area (Å²) in [4.78, 5) is 12.6. The molecular formula is C13H17ClN2O4S. The van der Waals surface area contributed by atoms with Crippen LogP contribution in [0.25, 0.3) is 0 Å². The van der Waals surface area contributed by atoms with Crippen LogP contribution in [-0.4, -0.2) is 61.4 Å². The highest BCUT2D eigenvalue weighted by Crippen LogP contribution is 2.23. The zero-order chi connectivity index (χ0) is 15.6. The minimum atomic E-state index is -3.56. The fraction of sp³-hybridized carbons (Fsp3) is 0.462. The summed E-state index contributed by atoms with van der Waals surface area (Å²) in [5.41, 5.74) is 0.607. The van der Waals surface area contributed by atoms with E-state index < -0.39 is 16.0 Å². The minimum absolute atomic E-state index is 0.0616. The van der Waals surface area contributed by atoms with Crippen LogP contribution in [0.4, 0.5) is 0 Å². The fourth-order valence-corrected chi connectivity index (χ4v) is 4.22. The molecule has 0 unspecified atom stereocenters. The second kappa shape index (κ2) is 6.31. The number of benzene rings is 1. The van der Waals surface area contributed by atoms with Gasteiger partial charge in [-0.2, -0.15) is 4.31 Å². The SMILES string of the molecule is Cc1cc(Cl)ccc1S(=O)(=O)N1CCN(CC(=O)O)CC1. The van der Waals surface area contributed by atoms with Gasteiger partial charge in [0, 0.05) is 31.2 Å². The largest absolute Gasteiger partial charge is 0.480 e. The first-order chi connectivity index (χ1) is 9.80. The number of aliphatic carboxylic acids is 1. The third-order valence-electron chi connectivity index (χ3n) is 3.44. The molecule has 1 heterocycles. The number of carbonyl (C=O) groups is 1. The van der Waals surface area contributed by atoms with Gasteiger partial charge in [-0.1, -0.05) is 11.6 Å². The van der Waals surface area contributed by atoms with Crippen molar-refractivity contribution in [3.05, 3.63) is 28.8 Å². The monoisotopic (exact) mass is 332 g/mol. The highest BCUT2D eigenvalue weighted by Gasteiger charge is 2.29. The summed E-state index contributed by atoms with van der Waals surface area (Å²) in [7, 11) is -3.56. The molecule has 0 radical (unpaired) electrons. The topological polar surface area (TPSA) is 77.9 Å². The van der Waals surface area contributed by atoms with Crippen molar-refractivity contribution in [2.24, 2.45) is 0 Å². The minimum Gasteiger partial charge on any atom is -0.480 e. The van der Waals surface area contributed by atoms with Gasteiger partial charge in [-0.3, -0.25) is 9.69 Å². The summed E-state index contributed by atoms with van der Waals surface area (Å²) >= 11 is 5.85. The summed E-state index contributed by atoms with van der Waals surface area (Å²) in [5, 5.41) is 9.24.